The lowest BCUT2D eigenvalue weighted by atomic mass is 10.1. The van der Waals surface area contributed by atoms with E-state index in [9.17, 15) is 0 Å². The first kappa shape index (κ1) is 11.7. The highest BCUT2D eigenvalue weighted by atomic mass is 14.0. The molecule has 0 unspecified atom stereocenters. The molecule has 3 aromatic rings. The van der Waals surface area contributed by atoms with Crippen LogP contribution in [0.15, 0.2) is 66.7 Å². The van der Waals surface area contributed by atoms with Crippen LogP contribution in [0.1, 0.15) is 16.7 Å². The van der Waals surface area contributed by atoms with Crippen molar-refractivity contribution >= 4 is 22.9 Å². The van der Waals surface area contributed by atoms with Gasteiger partial charge in [-0.1, -0.05) is 78.4 Å². The smallest absolute Gasteiger partial charge is 0.0178 e. The topological polar surface area (TPSA) is 0 Å². The van der Waals surface area contributed by atoms with Gasteiger partial charge < -0.3 is 0 Å². The van der Waals surface area contributed by atoms with Gasteiger partial charge in [0.2, 0.25) is 0 Å². The molecule has 92 valence electrons. The second-order valence-corrected chi connectivity index (χ2v) is 4.85. The number of fused-ring (bicyclic) bond motifs is 1. The summed E-state index contributed by atoms with van der Waals surface area (Å²) in [4.78, 5) is 0. The normalized spacial score (nSPS) is 11.2. The fourth-order valence-corrected chi connectivity index (χ4v) is 2.18. The molecule has 0 atom stereocenters. The van der Waals surface area contributed by atoms with Gasteiger partial charge in [0, 0.05) is 0 Å². The van der Waals surface area contributed by atoms with E-state index in [1.54, 1.807) is 0 Å². The number of aryl methyl sites for hydroxylation is 1. The third-order valence-corrected chi connectivity index (χ3v) is 3.32. The summed E-state index contributed by atoms with van der Waals surface area (Å²) in [6, 6.07) is 23.6. The van der Waals surface area contributed by atoms with E-state index < -0.39 is 0 Å². The van der Waals surface area contributed by atoms with Gasteiger partial charge in [0.1, 0.15) is 0 Å². The minimum absolute atomic E-state index is 1.23. The van der Waals surface area contributed by atoms with Crippen molar-refractivity contribution in [2.45, 2.75) is 6.92 Å². The van der Waals surface area contributed by atoms with E-state index >= 15 is 0 Å². The molecule has 0 bridgehead atoms. The first-order valence-corrected chi connectivity index (χ1v) is 6.55. The predicted octanol–water partition coefficient (Wildman–Crippen LogP) is 5.32. The second kappa shape index (κ2) is 5.11. The van der Waals surface area contributed by atoms with Crippen LogP contribution in [-0.4, -0.2) is 0 Å². The zero-order valence-corrected chi connectivity index (χ0v) is 11.0. The van der Waals surface area contributed by atoms with Gasteiger partial charge in [0.05, 0.1) is 0 Å². The van der Waals surface area contributed by atoms with Gasteiger partial charge in [-0.3, -0.25) is 0 Å². The summed E-state index contributed by atoms with van der Waals surface area (Å²) in [6.07, 6.45) is 4.32. The molecular weight excluding hydrogens is 228 g/mol. The molecule has 0 radical (unpaired) electrons. The zero-order chi connectivity index (χ0) is 13.1. The van der Waals surface area contributed by atoms with E-state index in [1.165, 1.54) is 27.5 Å². The van der Waals surface area contributed by atoms with E-state index in [0.29, 0.717) is 0 Å². The quantitative estimate of drug-likeness (QED) is 0.535. The van der Waals surface area contributed by atoms with Crippen LogP contribution in [0, 0.1) is 6.92 Å². The van der Waals surface area contributed by atoms with Crippen LogP contribution in [0.3, 0.4) is 0 Å². The average Bonchev–Trinajstić information content (AvgIpc) is 2.46. The van der Waals surface area contributed by atoms with Crippen LogP contribution in [-0.2, 0) is 0 Å². The van der Waals surface area contributed by atoms with E-state index in [1.807, 2.05) is 0 Å². The minimum atomic E-state index is 1.23. The molecule has 0 fully saturated rings. The van der Waals surface area contributed by atoms with E-state index in [-0.39, 0.29) is 0 Å². The van der Waals surface area contributed by atoms with E-state index in [2.05, 4.69) is 85.8 Å². The van der Waals surface area contributed by atoms with Crippen LogP contribution in [0.2, 0.25) is 0 Å². The Labute approximate surface area is 114 Å². The van der Waals surface area contributed by atoms with Crippen molar-refractivity contribution < 1.29 is 0 Å². The largest absolute Gasteiger partial charge is 0.0616 e. The molecule has 0 heterocycles. The summed E-state index contributed by atoms with van der Waals surface area (Å²) in [5.74, 6) is 0. The Hall–Kier alpha value is -2.34. The lowest BCUT2D eigenvalue weighted by Crippen LogP contribution is -1.76. The Morgan fingerprint density at radius 2 is 1.26 bits per heavy atom. The first-order valence-electron chi connectivity index (χ1n) is 6.55. The summed E-state index contributed by atoms with van der Waals surface area (Å²) < 4.78 is 0. The summed E-state index contributed by atoms with van der Waals surface area (Å²) in [7, 11) is 0. The maximum Gasteiger partial charge on any atom is -0.0178 e. The highest BCUT2D eigenvalue weighted by Crippen LogP contribution is 2.17. The zero-order valence-electron chi connectivity index (χ0n) is 11.0. The van der Waals surface area contributed by atoms with Crippen molar-refractivity contribution in [2.75, 3.05) is 0 Å². The summed E-state index contributed by atoms with van der Waals surface area (Å²) in [6.45, 7) is 2.11. The highest BCUT2D eigenvalue weighted by molar-refractivity contribution is 5.85. The monoisotopic (exact) mass is 244 g/mol. The molecule has 3 rings (SSSR count). The van der Waals surface area contributed by atoms with Gasteiger partial charge in [-0.25, -0.2) is 0 Å². The van der Waals surface area contributed by atoms with Gasteiger partial charge in [-0.15, -0.1) is 0 Å². The molecule has 0 saturated carbocycles. The van der Waals surface area contributed by atoms with Crippen LogP contribution in [0.5, 0.6) is 0 Å². The Kier molecular flexibility index (Phi) is 3.16. The number of hydrogen-bond acceptors (Lipinski definition) is 0. The molecular formula is C19H16. The SMILES string of the molecule is Cc1ccc(C=Cc2ccc3ccccc3c2)cc1. The van der Waals surface area contributed by atoms with E-state index in [4.69, 9.17) is 0 Å². The Bertz CT molecular complexity index is 718. The molecule has 0 aliphatic rings. The summed E-state index contributed by atoms with van der Waals surface area (Å²) in [5.41, 5.74) is 3.76. The first-order chi connectivity index (χ1) is 9.31. The maximum atomic E-state index is 2.22. The summed E-state index contributed by atoms with van der Waals surface area (Å²) >= 11 is 0. The van der Waals surface area contributed by atoms with Crippen molar-refractivity contribution in [1.29, 1.82) is 0 Å². The maximum absolute atomic E-state index is 2.22. The fraction of sp³-hybridized carbons (Fsp3) is 0.0526. The average molecular weight is 244 g/mol. The number of benzene rings is 3. The van der Waals surface area contributed by atoms with Crippen molar-refractivity contribution in [3.8, 4) is 0 Å². The Balaban J connectivity index is 1.90. The fourth-order valence-electron chi connectivity index (χ4n) is 2.18. The van der Waals surface area contributed by atoms with Crippen LogP contribution in [0.4, 0.5) is 0 Å². The Morgan fingerprint density at radius 1 is 0.632 bits per heavy atom. The van der Waals surface area contributed by atoms with Crippen molar-refractivity contribution in [2.24, 2.45) is 0 Å². The van der Waals surface area contributed by atoms with Crippen molar-refractivity contribution in [1.82, 2.24) is 0 Å². The molecule has 0 N–H and O–H groups in total. The lowest BCUT2D eigenvalue weighted by molar-refractivity contribution is 1.46. The molecule has 0 amide bonds. The van der Waals surface area contributed by atoms with Gasteiger partial charge in [-0.2, -0.15) is 0 Å². The van der Waals surface area contributed by atoms with Gasteiger partial charge in [0.25, 0.3) is 0 Å². The highest BCUT2D eigenvalue weighted by Gasteiger charge is 1.93. The molecule has 0 nitrogen and oxygen atoms in total. The third kappa shape index (κ3) is 2.74. The Morgan fingerprint density at radius 3 is 2.05 bits per heavy atom. The molecule has 0 heteroatoms. The molecule has 3 aromatic carbocycles. The molecule has 0 aromatic heterocycles. The van der Waals surface area contributed by atoms with Crippen LogP contribution >= 0.6 is 0 Å². The predicted molar refractivity (Wildman–Crippen MR) is 84.1 cm³/mol. The van der Waals surface area contributed by atoms with Crippen molar-refractivity contribution in [3.63, 3.8) is 0 Å². The second-order valence-electron chi connectivity index (χ2n) is 4.85. The third-order valence-electron chi connectivity index (χ3n) is 3.32. The number of rotatable bonds is 2. The molecule has 0 aliphatic carbocycles. The van der Waals surface area contributed by atoms with Gasteiger partial charge in [0.15, 0.2) is 0 Å². The summed E-state index contributed by atoms with van der Waals surface area (Å²) in [5, 5.41) is 2.57. The molecule has 0 aliphatic heterocycles. The van der Waals surface area contributed by atoms with Gasteiger partial charge in [-0.05, 0) is 34.9 Å². The van der Waals surface area contributed by atoms with Crippen LogP contribution in [0.25, 0.3) is 22.9 Å². The number of hydrogen-bond donors (Lipinski definition) is 0. The minimum Gasteiger partial charge on any atom is -0.0616 e. The van der Waals surface area contributed by atoms with Crippen LogP contribution < -0.4 is 0 Å². The molecule has 0 spiro atoms. The molecule has 19 heavy (non-hydrogen) atoms. The molecule has 0 saturated heterocycles. The van der Waals surface area contributed by atoms with E-state index in [0.717, 1.165) is 0 Å². The lowest BCUT2D eigenvalue weighted by Gasteiger charge is -1.99. The van der Waals surface area contributed by atoms with Crippen molar-refractivity contribution in [3.05, 3.63) is 83.4 Å². The van der Waals surface area contributed by atoms with Gasteiger partial charge >= 0.3 is 0 Å². The standard InChI is InChI=1S/C19H16/c1-15-6-8-16(9-7-15)10-11-17-12-13-18-4-2-3-5-19(18)14-17/h2-14H,1H3.